The lowest BCUT2D eigenvalue weighted by atomic mass is 9.74. The first kappa shape index (κ1) is 34.3. The number of nitrogens with zero attached hydrogens (tertiary/aromatic N) is 2. The van der Waals surface area contributed by atoms with Crippen LogP contribution >= 0.6 is 0 Å². The maximum Gasteiger partial charge on any atom is 0.333 e. The van der Waals surface area contributed by atoms with Crippen molar-refractivity contribution in [3.8, 4) is 11.8 Å². The van der Waals surface area contributed by atoms with Crippen LogP contribution in [0.5, 0.6) is 11.8 Å². The van der Waals surface area contributed by atoms with Crippen molar-refractivity contribution < 1.29 is 63.3 Å². The maximum absolute atomic E-state index is 12.3. The molecule has 2 aromatic carbocycles. The molecule has 1 aliphatic heterocycles. The number of carbonyl (C=O) groups is 1. The van der Waals surface area contributed by atoms with E-state index in [4.69, 9.17) is 4.84 Å². The van der Waals surface area contributed by atoms with Gasteiger partial charge in [-0.1, -0.05) is 12.8 Å². The molecule has 18 heteroatoms. The van der Waals surface area contributed by atoms with Crippen LogP contribution in [0.15, 0.2) is 46.2 Å². The molecular formula is C27H33N2O13S3+. The Hall–Kier alpha value is -3.55. The second-order valence-electron chi connectivity index (χ2n) is 11.0. The number of hydrogen-bond acceptors (Lipinski definition) is 10. The van der Waals surface area contributed by atoms with Gasteiger partial charge in [-0.05, 0) is 43.4 Å². The molecule has 0 saturated carbocycles. The number of carbonyl (C=O) groups excluding carboxylic acids is 1. The summed E-state index contributed by atoms with van der Waals surface area (Å²) in [5, 5.41) is 19.4. The number of hydrogen-bond donors (Lipinski definition) is 5. The quantitative estimate of drug-likeness (QED) is 0.0987. The van der Waals surface area contributed by atoms with Crippen LogP contribution in [0.1, 0.15) is 57.9 Å². The monoisotopic (exact) mass is 689 g/mol. The molecule has 15 nitrogen and oxygen atoms in total. The van der Waals surface area contributed by atoms with Gasteiger partial charge in [0.15, 0.2) is 5.71 Å². The van der Waals surface area contributed by atoms with E-state index in [1.54, 1.807) is 17.6 Å². The van der Waals surface area contributed by atoms with Gasteiger partial charge in [-0.25, -0.2) is 4.79 Å². The standard InChI is InChI=1S/C27H32N2O13S3/c1-17-27(2,12-5-3-4-7-25(32)42-29-23(30)10-11-24(29)31)26-20-15-18(44(36,37)38)16-22(45(39,40)41)19(20)8-9-21(26)28(17)13-6-14-43(33,34)35/h8-11,15-16H,3-7,12-14H2,1-2H3,(H4-,30,31,33,34,35,36,37,38,39,40,41)/p+1. The summed E-state index contributed by atoms with van der Waals surface area (Å²) < 4.78 is 103. The fraction of sp³-hybridized carbons (Fsp3) is 0.407. The molecule has 0 aliphatic carbocycles. The molecule has 45 heavy (non-hydrogen) atoms. The largest absolute Gasteiger partial charge is 0.492 e. The molecular weight excluding hydrogens is 656 g/mol. The summed E-state index contributed by atoms with van der Waals surface area (Å²) in [4.78, 5) is 15.7. The van der Waals surface area contributed by atoms with E-state index < -0.39 is 69.0 Å². The molecule has 4 rings (SSSR count). The average molecular weight is 690 g/mol. The lowest BCUT2D eigenvalue weighted by molar-refractivity contribution is -0.438. The Labute approximate surface area is 259 Å². The summed E-state index contributed by atoms with van der Waals surface area (Å²) in [6.07, 6.45) is 1.73. The maximum atomic E-state index is 12.3. The van der Waals surface area contributed by atoms with Gasteiger partial charge in [0.25, 0.3) is 30.4 Å². The number of rotatable bonds is 13. The molecule has 0 amide bonds. The number of fused-ring (bicyclic) bond motifs is 3. The smallest absolute Gasteiger partial charge is 0.333 e. The first-order chi connectivity index (χ1) is 20.7. The van der Waals surface area contributed by atoms with E-state index in [1.165, 1.54) is 6.07 Å². The molecule has 1 unspecified atom stereocenters. The Bertz CT molecular complexity index is 2010. The van der Waals surface area contributed by atoms with Gasteiger partial charge in [-0.2, -0.15) is 29.8 Å². The molecule has 5 N–H and O–H groups in total. The minimum atomic E-state index is -4.95. The molecule has 1 aliphatic rings. The van der Waals surface area contributed by atoms with Gasteiger partial charge < -0.3 is 15.1 Å². The molecule has 1 atom stereocenters. The van der Waals surface area contributed by atoms with Gasteiger partial charge in [0.2, 0.25) is 17.4 Å². The zero-order chi connectivity index (χ0) is 33.5. The van der Waals surface area contributed by atoms with Crippen LogP contribution in [0.3, 0.4) is 0 Å². The van der Waals surface area contributed by atoms with E-state index in [-0.39, 0.29) is 30.2 Å². The Morgan fingerprint density at radius 3 is 2.09 bits per heavy atom. The van der Waals surface area contributed by atoms with Crippen LogP contribution in [-0.2, 0) is 40.6 Å². The fourth-order valence-corrected chi connectivity index (χ4v) is 7.59. The van der Waals surface area contributed by atoms with Crippen LogP contribution in [0.25, 0.3) is 10.8 Å². The molecule has 0 saturated heterocycles. The van der Waals surface area contributed by atoms with E-state index in [2.05, 4.69) is 0 Å². The number of aromatic nitrogens is 1. The van der Waals surface area contributed by atoms with Crippen LogP contribution in [0.2, 0.25) is 0 Å². The summed E-state index contributed by atoms with van der Waals surface area (Å²) in [6, 6.07) is 7.03. The Balaban J connectivity index is 1.69. The first-order valence-corrected chi connectivity index (χ1v) is 18.2. The van der Waals surface area contributed by atoms with Crippen molar-refractivity contribution in [3.63, 3.8) is 0 Å². The van der Waals surface area contributed by atoms with Crippen molar-refractivity contribution in [1.82, 2.24) is 4.73 Å². The molecule has 2 heterocycles. The summed E-state index contributed by atoms with van der Waals surface area (Å²) in [5.41, 5.74) is 0.813. The summed E-state index contributed by atoms with van der Waals surface area (Å²) in [7, 11) is -14.1. The Kier molecular flexibility index (Phi) is 9.41. The average Bonchev–Trinajstić information content (AvgIpc) is 3.34. The normalized spacial score (nSPS) is 17.2. The van der Waals surface area contributed by atoms with Gasteiger partial charge in [0.05, 0.1) is 16.1 Å². The van der Waals surface area contributed by atoms with E-state index in [0.29, 0.717) is 53.4 Å². The van der Waals surface area contributed by atoms with Gasteiger partial charge in [0, 0.05) is 48.9 Å². The molecule has 0 fully saturated rings. The van der Waals surface area contributed by atoms with Crippen molar-refractivity contribution in [1.29, 1.82) is 0 Å². The van der Waals surface area contributed by atoms with Crippen LogP contribution in [0.4, 0.5) is 5.69 Å². The Morgan fingerprint density at radius 2 is 1.51 bits per heavy atom. The third-order valence-corrected chi connectivity index (χ3v) is 10.5. The zero-order valence-corrected chi connectivity index (χ0v) is 26.7. The number of aromatic hydroxyl groups is 2. The summed E-state index contributed by atoms with van der Waals surface area (Å²) >= 11 is 0. The van der Waals surface area contributed by atoms with Crippen LogP contribution in [-0.4, -0.2) is 82.4 Å². The van der Waals surface area contributed by atoms with Crippen molar-refractivity contribution in [3.05, 3.63) is 42.0 Å². The van der Waals surface area contributed by atoms with Gasteiger partial charge in [0.1, 0.15) is 11.4 Å². The highest BCUT2D eigenvalue weighted by Gasteiger charge is 2.47. The third-order valence-electron chi connectivity index (χ3n) is 8.00. The van der Waals surface area contributed by atoms with Crippen molar-refractivity contribution >= 4 is 58.5 Å². The molecule has 0 spiro atoms. The lowest BCUT2D eigenvalue weighted by Crippen LogP contribution is -2.31. The minimum absolute atomic E-state index is 0.00160. The van der Waals surface area contributed by atoms with E-state index >= 15 is 0 Å². The third kappa shape index (κ3) is 7.31. The molecule has 1 aromatic heterocycles. The summed E-state index contributed by atoms with van der Waals surface area (Å²) in [5.74, 6) is -2.14. The van der Waals surface area contributed by atoms with Gasteiger partial charge in [-0.15, -0.1) is 4.73 Å². The number of benzene rings is 2. The highest BCUT2D eigenvalue weighted by molar-refractivity contribution is 7.87. The predicted octanol–water partition coefficient (Wildman–Crippen LogP) is 2.81. The highest BCUT2D eigenvalue weighted by atomic mass is 32.2. The molecule has 0 radical (unpaired) electrons. The lowest BCUT2D eigenvalue weighted by Gasteiger charge is -2.24. The van der Waals surface area contributed by atoms with Crippen molar-refractivity contribution in [2.45, 2.75) is 67.6 Å². The highest BCUT2D eigenvalue weighted by Crippen LogP contribution is 2.48. The topological polar surface area (TPSA) is 238 Å². The van der Waals surface area contributed by atoms with Crippen LogP contribution < -0.4 is 4.84 Å². The molecule has 246 valence electrons. The SMILES string of the molecule is CC1=[N+](CCCS(=O)(=O)O)c2ccc3c(S(=O)(=O)O)cc(S(=O)(=O)O)cc3c2C1(C)CCCCCC(=O)On1c(O)ccc1O. The van der Waals surface area contributed by atoms with Gasteiger partial charge in [-0.3, -0.25) is 13.7 Å². The van der Waals surface area contributed by atoms with E-state index in [1.807, 2.05) is 6.92 Å². The first-order valence-electron chi connectivity index (χ1n) is 13.7. The second kappa shape index (κ2) is 12.3. The van der Waals surface area contributed by atoms with E-state index in [9.17, 15) is 53.9 Å². The fourth-order valence-electron chi connectivity index (χ4n) is 5.76. The predicted molar refractivity (Wildman–Crippen MR) is 160 cm³/mol. The zero-order valence-electron chi connectivity index (χ0n) is 24.2. The summed E-state index contributed by atoms with van der Waals surface area (Å²) in [6.45, 7) is 3.75. The molecule has 0 bridgehead atoms. The minimum Gasteiger partial charge on any atom is -0.492 e. The van der Waals surface area contributed by atoms with Crippen molar-refractivity contribution in [2.75, 3.05) is 12.3 Å². The molecule has 3 aromatic rings. The second-order valence-corrected chi connectivity index (χ2v) is 15.4. The Morgan fingerprint density at radius 1 is 0.867 bits per heavy atom. The number of unbranched alkanes of at least 4 members (excludes halogenated alkanes) is 2. The van der Waals surface area contributed by atoms with Crippen molar-refractivity contribution in [2.24, 2.45) is 0 Å². The van der Waals surface area contributed by atoms with Crippen LogP contribution in [0, 0.1) is 0 Å². The van der Waals surface area contributed by atoms with Gasteiger partial charge >= 0.3 is 5.97 Å². The van der Waals surface area contributed by atoms with E-state index in [0.717, 1.165) is 18.2 Å².